The molecule has 0 heterocycles. The maximum absolute atomic E-state index is 13.3. The molecule has 4 aromatic carbocycles. The molecule has 178 valence electrons. The Hall–Kier alpha value is -3.65. The Morgan fingerprint density at radius 1 is 0.657 bits per heavy atom. The quantitative estimate of drug-likeness (QED) is 0.277. The first-order valence-electron chi connectivity index (χ1n) is 10.9. The van der Waals surface area contributed by atoms with Crippen LogP contribution in [0, 0.1) is 0 Å². The molecule has 6 nitrogen and oxygen atoms in total. The number of benzene rings is 4. The first-order valence-corrected chi connectivity index (χ1v) is 12.8. The van der Waals surface area contributed by atoms with Crippen LogP contribution < -0.4 is 15.4 Å². The van der Waals surface area contributed by atoms with Crippen molar-refractivity contribution in [1.29, 1.82) is 0 Å². The van der Waals surface area contributed by atoms with E-state index in [2.05, 4.69) is 15.4 Å². The Bertz CT molecular complexity index is 1350. The largest absolute Gasteiger partial charge is 0.329 e. The molecule has 0 bridgehead atoms. The summed E-state index contributed by atoms with van der Waals surface area (Å²) in [6, 6.07) is 31.3. The van der Waals surface area contributed by atoms with Gasteiger partial charge in [-0.15, -0.1) is 0 Å². The van der Waals surface area contributed by atoms with Crippen LogP contribution in [0.3, 0.4) is 0 Å². The lowest BCUT2D eigenvalue weighted by Gasteiger charge is -2.30. The highest BCUT2D eigenvalue weighted by Crippen LogP contribution is 2.31. The summed E-state index contributed by atoms with van der Waals surface area (Å²) in [6.07, 6.45) is 0. The summed E-state index contributed by atoms with van der Waals surface area (Å²) in [7, 11) is -3.90. The average molecular weight is 506 g/mol. The number of urea groups is 1. The number of hydrogen-bond donors (Lipinski definition) is 3. The van der Waals surface area contributed by atoms with E-state index >= 15 is 0 Å². The van der Waals surface area contributed by atoms with Gasteiger partial charge in [0.25, 0.3) is 0 Å². The van der Waals surface area contributed by atoms with Crippen molar-refractivity contribution in [2.45, 2.75) is 17.0 Å². The third kappa shape index (κ3) is 6.48. The van der Waals surface area contributed by atoms with Crippen molar-refractivity contribution in [3.8, 4) is 0 Å². The van der Waals surface area contributed by atoms with Crippen LogP contribution in [0.4, 0.5) is 10.5 Å². The monoisotopic (exact) mass is 505 g/mol. The van der Waals surface area contributed by atoms with Crippen LogP contribution in [-0.4, -0.2) is 14.4 Å². The van der Waals surface area contributed by atoms with Gasteiger partial charge in [-0.05, 0) is 47.5 Å². The van der Waals surface area contributed by atoms with E-state index in [1.165, 1.54) is 12.1 Å². The molecule has 0 fully saturated rings. The molecule has 4 rings (SSSR count). The summed E-state index contributed by atoms with van der Waals surface area (Å²) >= 11 is 5.94. The van der Waals surface area contributed by atoms with Gasteiger partial charge in [0, 0.05) is 10.7 Å². The van der Waals surface area contributed by atoms with Gasteiger partial charge in [0.15, 0.2) is 0 Å². The van der Waals surface area contributed by atoms with Crippen LogP contribution in [0.2, 0.25) is 5.02 Å². The minimum absolute atomic E-state index is 0.137. The Morgan fingerprint density at radius 3 is 1.69 bits per heavy atom. The summed E-state index contributed by atoms with van der Waals surface area (Å²) in [4.78, 5) is 13.2. The normalized spacial score (nSPS) is 12.9. The van der Waals surface area contributed by atoms with Gasteiger partial charge < -0.3 is 10.6 Å². The zero-order chi connectivity index (χ0) is 24.7. The first kappa shape index (κ1) is 24.5. The zero-order valence-electron chi connectivity index (χ0n) is 18.6. The molecular weight excluding hydrogens is 482 g/mol. The molecule has 8 heteroatoms. The van der Waals surface area contributed by atoms with E-state index in [1.807, 2.05) is 60.7 Å². The molecule has 0 aliphatic rings. The number of nitrogens with one attached hydrogen (secondary N) is 3. The molecule has 0 radical (unpaired) electrons. The summed E-state index contributed by atoms with van der Waals surface area (Å²) in [5.74, 6) is 0. The third-order valence-electron chi connectivity index (χ3n) is 5.38. The van der Waals surface area contributed by atoms with E-state index in [-0.39, 0.29) is 4.90 Å². The second-order valence-electron chi connectivity index (χ2n) is 7.82. The molecular formula is C27H24ClN3O3S. The lowest BCUT2D eigenvalue weighted by molar-refractivity contribution is 0.245. The fourth-order valence-electron chi connectivity index (χ4n) is 3.68. The zero-order valence-corrected chi connectivity index (χ0v) is 20.2. The minimum Gasteiger partial charge on any atom is -0.329 e. The van der Waals surface area contributed by atoms with Crippen LogP contribution in [0.25, 0.3) is 0 Å². The Balaban J connectivity index is 1.70. The maximum Gasteiger partial charge on any atom is 0.319 e. The number of amides is 2. The summed E-state index contributed by atoms with van der Waals surface area (Å²) < 4.78 is 29.4. The molecule has 0 spiro atoms. The van der Waals surface area contributed by atoms with E-state index in [9.17, 15) is 13.2 Å². The molecule has 3 N–H and O–H groups in total. The molecule has 35 heavy (non-hydrogen) atoms. The molecule has 0 saturated carbocycles. The lowest BCUT2D eigenvalue weighted by atomic mass is 9.94. The number of halogens is 1. The summed E-state index contributed by atoms with van der Waals surface area (Å²) in [5.41, 5.74) is 2.00. The number of carbonyl (C=O) groups is 1. The lowest BCUT2D eigenvalue weighted by Crippen LogP contribution is -2.42. The van der Waals surface area contributed by atoms with Crippen LogP contribution >= 0.6 is 11.6 Å². The van der Waals surface area contributed by atoms with E-state index in [1.54, 1.807) is 42.5 Å². The summed E-state index contributed by atoms with van der Waals surface area (Å²) in [5, 5.41) is 6.30. The molecule has 4 aromatic rings. The van der Waals surface area contributed by atoms with Crippen LogP contribution in [0.15, 0.2) is 120 Å². The van der Waals surface area contributed by atoms with Gasteiger partial charge >= 0.3 is 6.03 Å². The highest BCUT2D eigenvalue weighted by molar-refractivity contribution is 7.89. The number of hydrogen-bond acceptors (Lipinski definition) is 3. The van der Waals surface area contributed by atoms with Gasteiger partial charge in [-0.2, -0.15) is 0 Å². The second-order valence-corrected chi connectivity index (χ2v) is 9.97. The fourth-order valence-corrected chi connectivity index (χ4v) is 5.07. The number of carbonyl (C=O) groups excluding carboxylic acids is 1. The van der Waals surface area contributed by atoms with Gasteiger partial charge in [-0.25, -0.2) is 17.9 Å². The van der Waals surface area contributed by atoms with E-state index in [0.29, 0.717) is 16.3 Å². The highest BCUT2D eigenvalue weighted by atomic mass is 35.5. The van der Waals surface area contributed by atoms with Gasteiger partial charge in [0.1, 0.15) is 0 Å². The molecule has 2 atom stereocenters. The van der Waals surface area contributed by atoms with E-state index < -0.39 is 28.1 Å². The highest BCUT2D eigenvalue weighted by Gasteiger charge is 2.31. The van der Waals surface area contributed by atoms with Crippen molar-refractivity contribution in [2.24, 2.45) is 0 Å². The Kier molecular flexibility index (Phi) is 7.82. The average Bonchev–Trinajstić information content (AvgIpc) is 2.89. The topological polar surface area (TPSA) is 87.3 Å². The second kappa shape index (κ2) is 11.2. The molecule has 2 amide bonds. The third-order valence-corrected chi connectivity index (χ3v) is 7.08. The standard InChI is InChI=1S/C27H24ClN3O3S/c28-22-16-18-23(19-17-22)29-27(32)30-25(20-10-4-1-5-11-20)26(21-12-6-2-7-13-21)31-35(33,34)24-14-8-3-9-15-24/h1-19,25-26,31H,(H2,29,30,32). The van der Waals surface area contributed by atoms with Gasteiger partial charge in [0.05, 0.1) is 17.0 Å². The molecule has 2 unspecified atom stereocenters. The van der Waals surface area contributed by atoms with E-state index in [0.717, 1.165) is 5.56 Å². The van der Waals surface area contributed by atoms with Crippen molar-refractivity contribution in [3.63, 3.8) is 0 Å². The number of anilines is 1. The first-order chi connectivity index (χ1) is 16.9. The van der Waals surface area contributed by atoms with Crippen molar-refractivity contribution < 1.29 is 13.2 Å². The van der Waals surface area contributed by atoms with Gasteiger partial charge in [-0.1, -0.05) is 90.5 Å². The minimum atomic E-state index is -3.90. The molecule has 0 saturated heterocycles. The van der Waals surface area contributed by atoms with Crippen molar-refractivity contribution in [3.05, 3.63) is 131 Å². The maximum atomic E-state index is 13.3. The van der Waals surface area contributed by atoms with Crippen molar-refractivity contribution in [2.75, 3.05) is 5.32 Å². The van der Waals surface area contributed by atoms with Gasteiger partial charge in [0.2, 0.25) is 10.0 Å². The Labute approximate surface area is 210 Å². The smallest absolute Gasteiger partial charge is 0.319 e. The van der Waals surface area contributed by atoms with Crippen LogP contribution in [0.5, 0.6) is 0 Å². The molecule has 0 aliphatic heterocycles. The fraction of sp³-hybridized carbons (Fsp3) is 0.0741. The Morgan fingerprint density at radius 2 is 1.14 bits per heavy atom. The SMILES string of the molecule is O=C(Nc1ccc(Cl)cc1)NC(c1ccccc1)C(NS(=O)(=O)c1ccccc1)c1ccccc1. The van der Waals surface area contributed by atoms with Crippen LogP contribution in [-0.2, 0) is 10.0 Å². The van der Waals surface area contributed by atoms with E-state index in [4.69, 9.17) is 11.6 Å². The molecule has 0 aliphatic carbocycles. The summed E-state index contributed by atoms with van der Waals surface area (Å²) in [6.45, 7) is 0. The van der Waals surface area contributed by atoms with Crippen molar-refractivity contribution in [1.82, 2.24) is 10.0 Å². The predicted molar refractivity (Wildman–Crippen MR) is 139 cm³/mol. The molecule has 0 aromatic heterocycles. The van der Waals surface area contributed by atoms with Crippen LogP contribution in [0.1, 0.15) is 23.2 Å². The van der Waals surface area contributed by atoms with Crippen molar-refractivity contribution >= 4 is 33.3 Å². The number of sulfonamides is 1. The predicted octanol–water partition coefficient (Wildman–Crippen LogP) is 5.92. The number of rotatable bonds is 8. The van der Waals surface area contributed by atoms with Gasteiger partial charge in [-0.3, -0.25) is 0 Å².